The Kier molecular flexibility index (Phi) is 5.55. The van der Waals surface area contributed by atoms with Crippen molar-refractivity contribution in [2.75, 3.05) is 19.6 Å². The first kappa shape index (κ1) is 13.3. The average molecular weight is 228 g/mol. The van der Waals surface area contributed by atoms with E-state index in [1.807, 2.05) is 6.92 Å². The van der Waals surface area contributed by atoms with Crippen LogP contribution in [-0.4, -0.2) is 47.7 Å². The molecule has 0 radical (unpaired) electrons. The highest BCUT2D eigenvalue weighted by atomic mass is 16.4. The summed E-state index contributed by atoms with van der Waals surface area (Å²) in [4.78, 5) is 2.49. The van der Waals surface area contributed by atoms with E-state index in [1.54, 1.807) is 0 Å². The van der Waals surface area contributed by atoms with Crippen LogP contribution in [0.3, 0.4) is 0 Å². The summed E-state index contributed by atoms with van der Waals surface area (Å²) in [5.74, 6) is 0.260. The van der Waals surface area contributed by atoms with E-state index in [1.165, 1.54) is 13.0 Å². The van der Waals surface area contributed by atoms with Gasteiger partial charge in [0.1, 0.15) is 0 Å². The lowest BCUT2D eigenvalue weighted by atomic mass is 10.0. The van der Waals surface area contributed by atoms with Gasteiger partial charge < -0.3 is 21.2 Å². The Morgan fingerprint density at radius 1 is 1.56 bits per heavy atom. The number of hydrogen-bond donors (Lipinski definition) is 3. The molecule has 0 aliphatic carbocycles. The predicted octanol–water partition coefficient (Wildman–Crippen LogP) is 0.585. The molecular formula is C11H24N4O. The number of oxime groups is 1. The standard InChI is InChI=1S/C11H24N4O/c1-3-6-15-7-4-10(5-8-15)13-9(2)11(12)14-16/h9-10,13,16H,3-8H2,1-2H3,(H2,12,14). The quantitative estimate of drug-likeness (QED) is 0.279. The lowest BCUT2D eigenvalue weighted by Crippen LogP contribution is -2.49. The van der Waals surface area contributed by atoms with E-state index in [4.69, 9.17) is 10.9 Å². The van der Waals surface area contributed by atoms with Gasteiger partial charge in [-0.15, -0.1) is 0 Å². The van der Waals surface area contributed by atoms with Crippen LogP contribution >= 0.6 is 0 Å². The Balaban J connectivity index is 2.26. The van der Waals surface area contributed by atoms with Gasteiger partial charge in [0.25, 0.3) is 0 Å². The largest absolute Gasteiger partial charge is 0.409 e. The third-order valence-corrected chi connectivity index (χ3v) is 3.17. The average Bonchev–Trinajstić information content (AvgIpc) is 2.31. The summed E-state index contributed by atoms with van der Waals surface area (Å²) in [5, 5.41) is 15.0. The van der Waals surface area contributed by atoms with Crippen LogP contribution in [0.25, 0.3) is 0 Å². The van der Waals surface area contributed by atoms with E-state index in [2.05, 4.69) is 22.3 Å². The number of nitrogens with one attached hydrogen (secondary N) is 1. The van der Waals surface area contributed by atoms with Crippen LogP contribution in [0.2, 0.25) is 0 Å². The van der Waals surface area contributed by atoms with E-state index in [-0.39, 0.29) is 11.9 Å². The molecule has 0 saturated carbocycles. The zero-order chi connectivity index (χ0) is 12.0. The van der Waals surface area contributed by atoms with Crippen molar-refractivity contribution in [2.45, 2.75) is 45.2 Å². The highest BCUT2D eigenvalue weighted by molar-refractivity contribution is 5.84. The summed E-state index contributed by atoms with van der Waals surface area (Å²) in [5.41, 5.74) is 5.54. The Morgan fingerprint density at radius 2 is 2.19 bits per heavy atom. The summed E-state index contributed by atoms with van der Waals surface area (Å²) < 4.78 is 0. The molecule has 1 saturated heterocycles. The molecule has 1 aliphatic rings. The molecule has 5 nitrogen and oxygen atoms in total. The van der Waals surface area contributed by atoms with Crippen LogP contribution < -0.4 is 11.1 Å². The molecule has 0 aromatic rings. The fourth-order valence-electron chi connectivity index (χ4n) is 2.17. The molecule has 1 fully saturated rings. The van der Waals surface area contributed by atoms with Crippen LogP contribution in [0.5, 0.6) is 0 Å². The zero-order valence-electron chi connectivity index (χ0n) is 10.3. The predicted molar refractivity (Wildman–Crippen MR) is 65.8 cm³/mol. The SMILES string of the molecule is CCCN1CCC(NC(C)C(N)=NO)CC1. The van der Waals surface area contributed by atoms with Crippen molar-refractivity contribution < 1.29 is 5.21 Å². The number of hydrogen-bond acceptors (Lipinski definition) is 4. The van der Waals surface area contributed by atoms with Crippen molar-refractivity contribution >= 4 is 5.84 Å². The molecule has 5 heteroatoms. The molecule has 1 heterocycles. The molecule has 0 amide bonds. The van der Waals surface area contributed by atoms with E-state index in [0.29, 0.717) is 6.04 Å². The number of likely N-dealkylation sites (tertiary alicyclic amines) is 1. The second kappa shape index (κ2) is 6.70. The second-order valence-corrected chi connectivity index (χ2v) is 4.53. The van der Waals surface area contributed by atoms with E-state index in [0.717, 1.165) is 25.9 Å². The van der Waals surface area contributed by atoms with Crippen molar-refractivity contribution in [3.05, 3.63) is 0 Å². The van der Waals surface area contributed by atoms with E-state index >= 15 is 0 Å². The minimum absolute atomic E-state index is 0.0484. The molecule has 16 heavy (non-hydrogen) atoms. The number of rotatable bonds is 5. The summed E-state index contributed by atoms with van der Waals surface area (Å²) in [6.45, 7) is 7.63. The van der Waals surface area contributed by atoms with Gasteiger partial charge in [0.15, 0.2) is 5.84 Å². The van der Waals surface area contributed by atoms with Gasteiger partial charge in [-0.25, -0.2) is 0 Å². The minimum Gasteiger partial charge on any atom is -0.409 e. The third-order valence-electron chi connectivity index (χ3n) is 3.17. The molecule has 0 bridgehead atoms. The summed E-state index contributed by atoms with van der Waals surface area (Å²) >= 11 is 0. The molecular weight excluding hydrogens is 204 g/mol. The maximum atomic E-state index is 8.56. The normalized spacial score (nSPS) is 22.2. The van der Waals surface area contributed by atoms with Crippen molar-refractivity contribution in [2.24, 2.45) is 10.9 Å². The maximum Gasteiger partial charge on any atom is 0.156 e. The smallest absolute Gasteiger partial charge is 0.156 e. The molecule has 1 atom stereocenters. The fourth-order valence-corrected chi connectivity index (χ4v) is 2.17. The molecule has 4 N–H and O–H groups in total. The van der Waals surface area contributed by atoms with Crippen molar-refractivity contribution in [1.82, 2.24) is 10.2 Å². The van der Waals surface area contributed by atoms with E-state index < -0.39 is 0 Å². The number of nitrogens with two attached hydrogens (primary N) is 1. The summed E-state index contributed by atoms with van der Waals surface area (Å²) in [6.07, 6.45) is 3.50. The van der Waals surface area contributed by atoms with Gasteiger partial charge in [-0.2, -0.15) is 0 Å². The first-order chi connectivity index (χ1) is 7.67. The van der Waals surface area contributed by atoms with Gasteiger partial charge in [0.05, 0.1) is 6.04 Å². The van der Waals surface area contributed by atoms with E-state index in [9.17, 15) is 0 Å². The van der Waals surface area contributed by atoms with Gasteiger partial charge in [0.2, 0.25) is 0 Å². The van der Waals surface area contributed by atoms with Gasteiger partial charge in [-0.05, 0) is 45.8 Å². The summed E-state index contributed by atoms with van der Waals surface area (Å²) in [6, 6.07) is 0.441. The molecule has 0 aromatic carbocycles. The van der Waals surface area contributed by atoms with Crippen LogP contribution in [0.4, 0.5) is 0 Å². The highest BCUT2D eigenvalue weighted by Gasteiger charge is 2.20. The number of piperidine rings is 1. The van der Waals surface area contributed by atoms with Gasteiger partial charge in [0, 0.05) is 6.04 Å². The fraction of sp³-hybridized carbons (Fsp3) is 0.909. The lowest BCUT2D eigenvalue weighted by Gasteiger charge is -2.33. The number of amidine groups is 1. The first-order valence-corrected chi connectivity index (χ1v) is 6.13. The molecule has 1 unspecified atom stereocenters. The first-order valence-electron chi connectivity index (χ1n) is 6.13. The van der Waals surface area contributed by atoms with Crippen molar-refractivity contribution in [1.29, 1.82) is 0 Å². The van der Waals surface area contributed by atoms with Crippen molar-refractivity contribution in [3.63, 3.8) is 0 Å². The lowest BCUT2D eigenvalue weighted by molar-refractivity contribution is 0.196. The molecule has 94 valence electrons. The van der Waals surface area contributed by atoms with Gasteiger partial charge >= 0.3 is 0 Å². The summed E-state index contributed by atoms with van der Waals surface area (Å²) in [7, 11) is 0. The topological polar surface area (TPSA) is 73.9 Å². The van der Waals surface area contributed by atoms with Crippen LogP contribution in [0, 0.1) is 0 Å². The monoisotopic (exact) mass is 228 g/mol. The zero-order valence-corrected chi connectivity index (χ0v) is 10.3. The van der Waals surface area contributed by atoms with Gasteiger partial charge in [-0.1, -0.05) is 12.1 Å². The van der Waals surface area contributed by atoms with Crippen LogP contribution in [0.1, 0.15) is 33.1 Å². The second-order valence-electron chi connectivity index (χ2n) is 4.53. The number of nitrogens with zero attached hydrogens (tertiary/aromatic N) is 2. The van der Waals surface area contributed by atoms with Crippen LogP contribution in [0.15, 0.2) is 5.16 Å². The Morgan fingerprint density at radius 3 is 2.69 bits per heavy atom. The highest BCUT2D eigenvalue weighted by Crippen LogP contribution is 2.11. The van der Waals surface area contributed by atoms with Gasteiger partial charge in [-0.3, -0.25) is 0 Å². The molecule has 0 aromatic heterocycles. The Hall–Kier alpha value is -0.810. The maximum absolute atomic E-state index is 8.56. The molecule has 1 rings (SSSR count). The molecule has 1 aliphatic heterocycles. The third kappa shape index (κ3) is 3.98. The Labute approximate surface area is 97.7 Å². The minimum atomic E-state index is -0.0484. The molecule has 0 spiro atoms. The van der Waals surface area contributed by atoms with Crippen LogP contribution in [-0.2, 0) is 0 Å². The Bertz CT molecular complexity index is 224. The van der Waals surface area contributed by atoms with Crippen molar-refractivity contribution in [3.8, 4) is 0 Å².